The molecule has 0 radical (unpaired) electrons. The van der Waals surface area contributed by atoms with Gasteiger partial charge in [-0.1, -0.05) is 31.0 Å². The van der Waals surface area contributed by atoms with Gasteiger partial charge in [0.15, 0.2) is 0 Å². The Morgan fingerprint density at radius 1 is 1.56 bits per heavy atom. The third kappa shape index (κ3) is 3.85. The Morgan fingerprint density at radius 3 is 2.83 bits per heavy atom. The number of aliphatic hydroxyl groups excluding tert-OH is 1. The van der Waals surface area contributed by atoms with Gasteiger partial charge in [-0.25, -0.2) is 0 Å². The molecule has 0 aliphatic rings. The van der Waals surface area contributed by atoms with Crippen molar-refractivity contribution in [3.05, 3.63) is 33.3 Å². The van der Waals surface area contributed by atoms with E-state index in [1.54, 1.807) is 12.1 Å². The lowest BCUT2D eigenvalue weighted by atomic mass is 10.0. The fourth-order valence-electron chi connectivity index (χ4n) is 1.73. The maximum atomic E-state index is 10.9. The zero-order valence-electron chi connectivity index (χ0n) is 10.2. The highest BCUT2D eigenvalue weighted by Crippen LogP contribution is 2.32. The molecule has 100 valence electrons. The molecule has 0 aliphatic heterocycles. The van der Waals surface area contributed by atoms with Gasteiger partial charge in [-0.05, 0) is 24.5 Å². The topological polar surface area (TPSA) is 75.4 Å². The number of hydrogen-bond donors (Lipinski definition) is 2. The Morgan fingerprint density at radius 2 is 2.28 bits per heavy atom. The van der Waals surface area contributed by atoms with E-state index in [-0.39, 0.29) is 23.2 Å². The van der Waals surface area contributed by atoms with Crippen LogP contribution >= 0.6 is 11.6 Å². The quantitative estimate of drug-likeness (QED) is 0.591. The van der Waals surface area contributed by atoms with E-state index in [9.17, 15) is 10.1 Å². The normalized spacial score (nSPS) is 12.2. The van der Waals surface area contributed by atoms with Crippen LogP contribution in [0.5, 0.6) is 0 Å². The zero-order chi connectivity index (χ0) is 13.5. The summed E-state index contributed by atoms with van der Waals surface area (Å²) in [4.78, 5) is 10.4. The van der Waals surface area contributed by atoms with Crippen molar-refractivity contribution >= 4 is 23.0 Å². The van der Waals surface area contributed by atoms with Crippen LogP contribution in [-0.2, 0) is 0 Å². The lowest BCUT2D eigenvalue weighted by molar-refractivity contribution is -0.383. The minimum Gasteiger partial charge on any atom is -0.396 e. The van der Waals surface area contributed by atoms with Gasteiger partial charge >= 0.3 is 5.69 Å². The van der Waals surface area contributed by atoms with E-state index in [1.807, 2.05) is 6.92 Å². The molecule has 0 heterocycles. The van der Waals surface area contributed by atoms with Gasteiger partial charge in [-0.15, -0.1) is 0 Å². The Bertz CT molecular complexity index is 412. The summed E-state index contributed by atoms with van der Waals surface area (Å²) < 4.78 is 0. The summed E-state index contributed by atoms with van der Waals surface area (Å²) in [5.41, 5.74) is 0.321. The van der Waals surface area contributed by atoms with Gasteiger partial charge in [-0.3, -0.25) is 10.1 Å². The first-order valence-electron chi connectivity index (χ1n) is 5.87. The first kappa shape index (κ1) is 14.7. The summed E-state index contributed by atoms with van der Waals surface area (Å²) in [5.74, 6) is 0.286. The Kier molecular flexibility index (Phi) is 5.88. The van der Waals surface area contributed by atoms with Crippen molar-refractivity contribution in [1.29, 1.82) is 0 Å². The lowest BCUT2D eigenvalue weighted by Gasteiger charge is -2.15. The number of anilines is 1. The van der Waals surface area contributed by atoms with Gasteiger partial charge in [0, 0.05) is 13.2 Å². The van der Waals surface area contributed by atoms with E-state index in [2.05, 4.69) is 5.32 Å². The molecule has 1 aromatic carbocycles. The molecule has 0 amide bonds. The number of nitro benzene ring substituents is 1. The third-order valence-electron chi connectivity index (χ3n) is 2.87. The van der Waals surface area contributed by atoms with Crippen LogP contribution in [0.25, 0.3) is 0 Å². The summed E-state index contributed by atoms with van der Waals surface area (Å²) in [7, 11) is 0. The monoisotopic (exact) mass is 272 g/mol. The Labute approximate surface area is 111 Å². The van der Waals surface area contributed by atoms with Crippen LogP contribution in [0.4, 0.5) is 11.4 Å². The molecule has 2 N–H and O–H groups in total. The molecule has 0 aliphatic carbocycles. The number of nitro groups is 1. The molecule has 0 bridgehead atoms. The molecule has 0 saturated carbocycles. The number of rotatable bonds is 7. The molecule has 0 spiro atoms. The fourth-order valence-corrected chi connectivity index (χ4v) is 1.97. The largest absolute Gasteiger partial charge is 0.396 e. The Balaban J connectivity index is 2.78. The van der Waals surface area contributed by atoms with Crippen LogP contribution in [0.2, 0.25) is 5.02 Å². The molecule has 6 heteroatoms. The summed E-state index contributed by atoms with van der Waals surface area (Å²) in [5, 5.41) is 23.0. The zero-order valence-corrected chi connectivity index (χ0v) is 11.0. The number of aliphatic hydroxyl groups is 1. The van der Waals surface area contributed by atoms with Crippen molar-refractivity contribution in [2.75, 3.05) is 18.5 Å². The molecule has 1 rings (SSSR count). The van der Waals surface area contributed by atoms with Gasteiger partial charge in [0.2, 0.25) is 0 Å². The second kappa shape index (κ2) is 7.18. The van der Waals surface area contributed by atoms with Crippen molar-refractivity contribution in [2.24, 2.45) is 5.92 Å². The van der Waals surface area contributed by atoms with Crippen LogP contribution in [-0.4, -0.2) is 23.2 Å². The average Bonchev–Trinajstić information content (AvgIpc) is 2.33. The predicted octanol–water partition coefficient (Wildman–Crippen LogP) is 3.07. The van der Waals surface area contributed by atoms with Crippen molar-refractivity contribution in [1.82, 2.24) is 0 Å². The van der Waals surface area contributed by atoms with Crippen LogP contribution in [0.15, 0.2) is 18.2 Å². The highest BCUT2D eigenvalue weighted by molar-refractivity contribution is 6.33. The van der Waals surface area contributed by atoms with E-state index >= 15 is 0 Å². The molecule has 1 atom stereocenters. The maximum Gasteiger partial charge on any atom is 0.310 e. The van der Waals surface area contributed by atoms with Crippen LogP contribution < -0.4 is 5.32 Å². The number of benzene rings is 1. The molecule has 5 nitrogen and oxygen atoms in total. The van der Waals surface area contributed by atoms with Gasteiger partial charge in [-0.2, -0.15) is 0 Å². The number of nitrogens with zero attached hydrogens (tertiary/aromatic N) is 1. The molecule has 1 aromatic rings. The van der Waals surface area contributed by atoms with Gasteiger partial charge in [0.1, 0.15) is 10.7 Å². The van der Waals surface area contributed by atoms with Crippen LogP contribution in [0, 0.1) is 16.0 Å². The molecule has 0 fully saturated rings. The van der Waals surface area contributed by atoms with E-state index in [0.29, 0.717) is 18.7 Å². The van der Waals surface area contributed by atoms with Crippen molar-refractivity contribution in [3.63, 3.8) is 0 Å². The summed E-state index contributed by atoms with van der Waals surface area (Å²) in [6.45, 7) is 2.73. The number of halogens is 1. The average molecular weight is 273 g/mol. The molecular weight excluding hydrogens is 256 g/mol. The number of para-hydroxylation sites is 1. The van der Waals surface area contributed by atoms with Crippen molar-refractivity contribution in [2.45, 2.75) is 19.8 Å². The second-order valence-electron chi connectivity index (χ2n) is 4.06. The van der Waals surface area contributed by atoms with Crippen molar-refractivity contribution in [3.8, 4) is 0 Å². The fraction of sp³-hybridized carbons (Fsp3) is 0.500. The molecule has 1 unspecified atom stereocenters. The third-order valence-corrected chi connectivity index (χ3v) is 3.17. The van der Waals surface area contributed by atoms with Gasteiger partial charge in [0.05, 0.1) is 4.92 Å². The molecular formula is C12H17ClN2O3. The minimum absolute atomic E-state index is 0.0991. The van der Waals surface area contributed by atoms with Gasteiger partial charge in [0.25, 0.3) is 0 Å². The van der Waals surface area contributed by atoms with Crippen LogP contribution in [0.1, 0.15) is 19.8 Å². The summed E-state index contributed by atoms with van der Waals surface area (Å²) in [6.07, 6.45) is 1.58. The summed E-state index contributed by atoms with van der Waals surface area (Å²) in [6, 6.07) is 4.80. The molecule has 0 saturated heterocycles. The Hall–Kier alpha value is -1.33. The second-order valence-corrected chi connectivity index (χ2v) is 4.47. The standard InChI is InChI=1S/C12H17ClN2O3/c1-2-9(6-7-16)8-14-11-5-3-4-10(13)12(11)15(17)18/h3-5,9,14,16H,2,6-8H2,1H3. The summed E-state index contributed by atoms with van der Waals surface area (Å²) >= 11 is 5.81. The van der Waals surface area contributed by atoms with E-state index in [1.165, 1.54) is 6.07 Å². The van der Waals surface area contributed by atoms with Crippen molar-refractivity contribution < 1.29 is 10.0 Å². The van der Waals surface area contributed by atoms with E-state index in [4.69, 9.17) is 16.7 Å². The first-order chi connectivity index (χ1) is 8.60. The van der Waals surface area contributed by atoms with Crippen LogP contribution in [0.3, 0.4) is 0 Å². The van der Waals surface area contributed by atoms with E-state index in [0.717, 1.165) is 6.42 Å². The highest BCUT2D eigenvalue weighted by Gasteiger charge is 2.18. The number of nitrogens with one attached hydrogen (secondary N) is 1. The highest BCUT2D eigenvalue weighted by atomic mass is 35.5. The SMILES string of the molecule is CCC(CCO)CNc1cccc(Cl)c1[N+](=O)[O-]. The van der Waals surface area contributed by atoms with Gasteiger partial charge < -0.3 is 10.4 Å². The lowest BCUT2D eigenvalue weighted by Crippen LogP contribution is -2.15. The number of hydrogen-bond acceptors (Lipinski definition) is 4. The first-order valence-corrected chi connectivity index (χ1v) is 6.25. The molecule has 0 aromatic heterocycles. The van der Waals surface area contributed by atoms with E-state index < -0.39 is 4.92 Å². The molecule has 18 heavy (non-hydrogen) atoms. The predicted molar refractivity (Wildman–Crippen MR) is 72.1 cm³/mol. The minimum atomic E-state index is -0.488. The maximum absolute atomic E-state index is 10.9. The smallest absolute Gasteiger partial charge is 0.310 e.